The van der Waals surface area contributed by atoms with Gasteiger partial charge < -0.3 is 14.8 Å². The van der Waals surface area contributed by atoms with E-state index in [2.05, 4.69) is 37.2 Å². The van der Waals surface area contributed by atoms with Crippen LogP contribution < -0.4 is 5.32 Å². The fourth-order valence-corrected chi connectivity index (χ4v) is 5.03. The van der Waals surface area contributed by atoms with E-state index in [4.69, 9.17) is 4.42 Å². The smallest absolute Gasteiger partial charge is 0.352 e. The van der Waals surface area contributed by atoms with Gasteiger partial charge in [0.2, 0.25) is 5.91 Å². The maximum atomic E-state index is 12.3. The number of nitrogens with one attached hydrogen (secondary N) is 1. The van der Waals surface area contributed by atoms with Gasteiger partial charge in [-0.25, -0.2) is 4.79 Å². The minimum absolute atomic E-state index is 0.0149. The second-order valence-electron chi connectivity index (χ2n) is 5.23. The van der Waals surface area contributed by atoms with E-state index in [9.17, 15) is 19.5 Å². The van der Waals surface area contributed by atoms with Crippen LogP contribution in [-0.2, 0) is 20.8 Å². The predicted octanol–water partition coefficient (Wildman–Crippen LogP) is 1.72. The van der Waals surface area contributed by atoms with E-state index >= 15 is 0 Å². The van der Waals surface area contributed by atoms with Gasteiger partial charge in [0.05, 0.1) is 6.42 Å². The van der Waals surface area contributed by atoms with Gasteiger partial charge in [0.1, 0.15) is 22.9 Å². The van der Waals surface area contributed by atoms with E-state index < -0.39 is 23.3 Å². The lowest BCUT2D eigenvalue weighted by Crippen LogP contribution is -2.70. The van der Waals surface area contributed by atoms with Crippen LogP contribution in [0.15, 0.2) is 32.5 Å². The molecule has 2 aliphatic rings. The lowest BCUT2D eigenvalue weighted by atomic mass is 10.0. The molecule has 3 heterocycles. The summed E-state index contributed by atoms with van der Waals surface area (Å²) in [6.45, 7) is 0. The molecule has 0 bridgehead atoms. The van der Waals surface area contributed by atoms with Crippen molar-refractivity contribution in [3.63, 3.8) is 0 Å². The Hall–Kier alpha value is -1.26. The molecule has 0 spiro atoms. The molecule has 24 heavy (non-hydrogen) atoms. The van der Waals surface area contributed by atoms with E-state index in [1.165, 1.54) is 16.7 Å². The highest BCUT2D eigenvalue weighted by Crippen LogP contribution is 2.40. The predicted molar refractivity (Wildman–Crippen MR) is 93.6 cm³/mol. The number of rotatable bonds is 5. The summed E-state index contributed by atoms with van der Waals surface area (Å²) in [7, 11) is 0. The Morgan fingerprint density at radius 1 is 1.46 bits per heavy atom. The van der Waals surface area contributed by atoms with Gasteiger partial charge in [0.25, 0.3) is 5.91 Å². The summed E-state index contributed by atoms with van der Waals surface area (Å²) in [5.41, 5.74) is 0.670. The molecule has 2 amide bonds. The van der Waals surface area contributed by atoms with Crippen molar-refractivity contribution in [1.82, 2.24) is 10.2 Å². The maximum absolute atomic E-state index is 12.3. The van der Waals surface area contributed by atoms with Crippen LogP contribution in [0.2, 0.25) is 0 Å². The average molecular weight is 480 g/mol. The lowest BCUT2D eigenvalue weighted by Gasteiger charge is -2.49. The number of aliphatic carboxylic acids is 1. The molecule has 0 aliphatic carbocycles. The molecule has 2 atom stereocenters. The van der Waals surface area contributed by atoms with Crippen molar-refractivity contribution in [2.24, 2.45) is 0 Å². The molecule has 2 aliphatic heterocycles. The molecule has 1 saturated heterocycles. The monoisotopic (exact) mass is 478 g/mol. The fraction of sp³-hybridized carbons (Fsp3) is 0.357. The van der Waals surface area contributed by atoms with Crippen molar-refractivity contribution >= 4 is 61.4 Å². The zero-order valence-electron chi connectivity index (χ0n) is 12.1. The molecule has 1 aromatic heterocycles. The largest absolute Gasteiger partial charge is 0.477 e. The number of carboxylic acid groups (broad SMARTS) is 1. The number of fused-ring (bicyclic) bond motifs is 1. The zero-order valence-corrected chi connectivity index (χ0v) is 16.1. The van der Waals surface area contributed by atoms with Crippen molar-refractivity contribution in [3.8, 4) is 0 Å². The van der Waals surface area contributed by atoms with Crippen LogP contribution in [0.25, 0.3) is 0 Å². The van der Waals surface area contributed by atoms with Crippen molar-refractivity contribution in [3.05, 3.63) is 33.8 Å². The molecule has 0 saturated carbocycles. The highest BCUT2D eigenvalue weighted by Gasteiger charge is 2.53. The van der Waals surface area contributed by atoms with Crippen molar-refractivity contribution in [1.29, 1.82) is 0 Å². The van der Waals surface area contributed by atoms with Crippen molar-refractivity contribution < 1.29 is 23.9 Å². The number of β-lactam (4-membered cyclic amide) rings is 1. The number of hydrogen-bond acceptors (Lipinski definition) is 5. The Morgan fingerprint density at radius 2 is 2.21 bits per heavy atom. The summed E-state index contributed by atoms with van der Waals surface area (Å²) in [5.74, 6) is -0.904. The van der Waals surface area contributed by atoms with Gasteiger partial charge in [-0.05, 0) is 33.6 Å². The van der Waals surface area contributed by atoms with E-state index in [0.717, 1.165) is 0 Å². The third kappa shape index (κ3) is 3.14. The number of nitrogens with zero attached hydrogens (tertiary/aromatic N) is 1. The second-order valence-corrected chi connectivity index (χ2v) is 7.68. The number of halogens is 2. The number of thioether (sulfide) groups is 1. The minimum Gasteiger partial charge on any atom is -0.477 e. The summed E-state index contributed by atoms with van der Waals surface area (Å²) in [6, 6.07) is 2.63. The van der Waals surface area contributed by atoms with E-state index in [0.29, 0.717) is 27.1 Å². The van der Waals surface area contributed by atoms with Crippen LogP contribution in [0.5, 0.6) is 0 Å². The van der Waals surface area contributed by atoms with Gasteiger partial charge in [-0.1, -0.05) is 15.9 Å². The number of amides is 2. The molecule has 0 aromatic carbocycles. The summed E-state index contributed by atoms with van der Waals surface area (Å²) in [6.07, 6.45) is 0.0149. The van der Waals surface area contributed by atoms with Crippen molar-refractivity contribution in [2.45, 2.75) is 17.8 Å². The number of carboxylic acids is 1. The van der Waals surface area contributed by atoms with Gasteiger partial charge in [-0.15, -0.1) is 11.8 Å². The van der Waals surface area contributed by atoms with Crippen LogP contribution in [0.3, 0.4) is 0 Å². The maximum Gasteiger partial charge on any atom is 0.352 e. The first-order chi connectivity index (χ1) is 11.4. The number of furan rings is 1. The molecule has 7 nitrogen and oxygen atoms in total. The van der Waals surface area contributed by atoms with E-state index in [1.54, 1.807) is 12.1 Å². The van der Waals surface area contributed by atoms with E-state index in [-0.39, 0.29) is 18.0 Å². The standard InChI is InChI=1S/C14H12Br2N2O5S/c15-4-6-5-24-13-10(12(20)18(13)11(6)14(21)22)17-9(19)3-7-1-2-8(16)23-7/h1-2,10,13H,3-5H2,(H,17,19)(H,21,22)/t10?,13-/m0/s1. The molecule has 128 valence electrons. The Balaban J connectivity index is 1.68. The molecular weight excluding hydrogens is 468 g/mol. The first-order valence-electron chi connectivity index (χ1n) is 6.92. The van der Waals surface area contributed by atoms with E-state index in [1.807, 2.05) is 0 Å². The molecule has 3 rings (SSSR count). The summed E-state index contributed by atoms with van der Waals surface area (Å²) < 4.78 is 5.79. The Labute approximate surface area is 158 Å². The van der Waals surface area contributed by atoms with Crippen LogP contribution in [0.1, 0.15) is 5.76 Å². The molecule has 1 unspecified atom stereocenters. The molecular formula is C14H12Br2N2O5S. The molecule has 2 N–H and O–H groups in total. The molecule has 1 aromatic rings. The Morgan fingerprint density at radius 3 is 2.79 bits per heavy atom. The average Bonchev–Trinajstić information content (AvgIpc) is 2.95. The third-order valence-electron chi connectivity index (χ3n) is 3.69. The number of hydrogen-bond donors (Lipinski definition) is 2. The second kappa shape index (κ2) is 6.93. The van der Waals surface area contributed by atoms with Gasteiger partial charge in [-0.3, -0.25) is 14.5 Å². The van der Waals surface area contributed by atoms with Gasteiger partial charge >= 0.3 is 5.97 Å². The van der Waals surface area contributed by atoms with Crippen LogP contribution in [0.4, 0.5) is 0 Å². The van der Waals surface area contributed by atoms with Crippen LogP contribution >= 0.6 is 43.6 Å². The quantitative estimate of drug-likeness (QED) is 0.492. The van der Waals surface area contributed by atoms with Gasteiger partial charge in [0.15, 0.2) is 4.67 Å². The van der Waals surface area contributed by atoms with Gasteiger partial charge in [0, 0.05) is 11.1 Å². The Kier molecular flexibility index (Phi) is 5.07. The number of carbonyl (C=O) groups excluding carboxylic acids is 2. The molecule has 1 fully saturated rings. The lowest BCUT2D eigenvalue weighted by molar-refractivity contribution is -0.150. The summed E-state index contributed by atoms with van der Waals surface area (Å²) in [5, 5.41) is 12.0. The number of alkyl halides is 1. The summed E-state index contributed by atoms with van der Waals surface area (Å²) in [4.78, 5) is 37.1. The normalized spacial score (nSPS) is 22.9. The van der Waals surface area contributed by atoms with Crippen LogP contribution in [0, 0.1) is 0 Å². The molecule has 10 heteroatoms. The minimum atomic E-state index is -1.13. The summed E-state index contributed by atoms with van der Waals surface area (Å²) >= 11 is 7.85. The van der Waals surface area contributed by atoms with Crippen LogP contribution in [-0.4, -0.2) is 50.3 Å². The highest BCUT2D eigenvalue weighted by molar-refractivity contribution is 9.10. The topological polar surface area (TPSA) is 99.9 Å². The Bertz CT molecular complexity index is 747. The third-order valence-corrected chi connectivity index (χ3v) is 6.13. The van der Waals surface area contributed by atoms with Gasteiger partial charge in [-0.2, -0.15) is 0 Å². The first kappa shape index (κ1) is 17.6. The number of carbonyl (C=O) groups is 3. The SMILES string of the molecule is O=C(Cc1ccc(Br)o1)NC1C(=O)N2C(C(=O)O)=C(CBr)CS[C@@H]12. The highest BCUT2D eigenvalue weighted by atomic mass is 79.9. The fourth-order valence-electron chi connectivity index (χ4n) is 2.62. The zero-order chi connectivity index (χ0) is 17.4. The first-order valence-corrected chi connectivity index (χ1v) is 9.88. The van der Waals surface area contributed by atoms with Crippen molar-refractivity contribution in [2.75, 3.05) is 11.1 Å². The molecule has 0 radical (unpaired) electrons.